The molecule has 0 fully saturated rings. The van der Waals surface area contributed by atoms with Crippen LogP contribution in [0.25, 0.3) is 5.69 Å². The fourth-order valence-corrected chi connectivity index (χ4v) is 3.03. The van der Waals surface area contributed by atoms with Crippen molar-refractivity contribution in [3.63, 3.8) is 0 Å². The molecule has 0 aliphatic heterocycles. The predicted molar refractivity (Wildman–Crippen MR) is 81.9 cm³/mol. The minimum atomic E-state index is -2.61. The van der Waals surface area contributed by atoms with Gasteiger partial charge >= 0.3 is 0 Å². The molecule has 0 radical (unpaired) electrons. The first-order valence-corrected chi connectivity index (χ1v) is 7.61. The average molecular weight is 314 g/mol. The maximum atomic E-state index is 13.5. The highest BCUT2D eigenvalue weighted by molar-refractivity contribution is 5.33. The topological polar surface area (TPSA) is 35.6 Å². The molecule has 0 saturated carbocycles. The van der Waals surface area contributed by atoms with Gasteiger partial charge in [-0.15, -0.1) is 0 Å². The number of nitrogens with zero attached hydrogens (tertiary/aromatic N) is 4. The normalized spacial score (nSPS) is 16.3. The molecule has 0 N–H and O–H groups in total. The van der Waals surface area contributed by atoms with Crippen LogP contribution in [0.5, 0.6) is 0 Å². The lowest BCUT2D eigenvalue weighted by Crippen LogP contribution is -2.26. The molecule has 0 bridgehead atoms. The van der Waals surface area contributed by atoms with Crippen LogP contribution in [0.2, 0.25) is 0 Å². The van der Waals surface area contributed by atoms with Crippen molar-refractivity contribution in [2.75, 3.05) is 0 Å². The summed E-state index contributed by atoms with van der Waals surface area (Å²) in [5.74, 6) is -2.61. The summed E-state index contributed by atoms with van der Waals surface area (Å²) in [4.78, 5) is 0. The van der Waals surface area contributed by atoms with E-state index in [1.54, 1.807) is 17.1 Å². The maximum Gasteiger partial charge on any atom is 0.252 e. The van der Waals surface area contributed by atoms with Gasteiger partial charge in [-0.1, -0.05) is 30.3 Å². The van der Waals surface area contributed by atoms with Crippen LogP contribution in [0.4, 0.5) is 8.78 Å². The second-order valence-corrected chi connectivity index (χ2v) is 5.94. The molecule has 2 heterocycles. The van der Waals surface area contributed by atoms with E-state index < -0.39 is 5.92 Å². The van der Waals surface area contributed by atoms with Crippen molar-refractivity contribution in [2.24, 2.45) is 0 Å². The van der Waals surface area contributed by atoms with Crippen LogP contribution >= 0.6 is 0 Å². The van der Waals surface area contributed by atoms with E-state index in [9.17, 15) is 8.78 Å². The highest BCUT2D eigenvalue weighted by Crippen LogP contribution is 2.33. The molecular weight excluding hydrogens is 298 g/mol. The average Bonchev–Trinajstić information content (AvgIpc) is 3.13. The van der Waals surface area contributed by atoms with Crippen LogP contribution < -0.4 is 0 Å². The van der Waals surface area contributed by atoms with Gasteiger partial charge in [0.25, 0.3) is 5.92 Å². The molecule has 2 aromatic heterocycles. The molecule has 118 valence electrons. The van der Waals surface area contributed by atoms with Gasteiger partial charge in [0, 0.05) is 18.5 Å². The number of halogens is 2. The standard InChI is InChI=1S/C17H16F2N4/c18-17(19)7-6-16-14(8-17)9-21-23(16)15-10-20-22(12-15)11-13-4-2-1-3-5-13/h1-5,9-10,12H,6-8,11H2. The van der Waals surface area contributed by atoms with Crippen molar-refractivity contribution in [2.45, 2.75) is 31.7 Å². The van der Waals surface area contributed by atoms with E-state index in [0.717, 1.165) is 16.9 Å². The quantitative estimate of drug-likeness (QED) is 0.744. The van der Waals surface area contributed by atoms with Crippen molar-refractivity contribution in [1.82, 2.24) is 19.6 Å². The Labute approximate surface area is 132 Å². The molecule has 3 aromatic rings. The lowest BCUT2D eigenvalue weighted by atomic mass is 9.94. The summed E-state index contributed by atoms with van der Waals surface area (Å²) in [6.07, 6.45) is 5.17. The smallest absolute Gasteiger partial charge is 0.252 e. The van der Waals surface area contributed by atoms with Gasteiger partial charge in [-0.2, -0.15) is 10.2 Å². The van der Waals surface area contributed by atoms with Gasteiger partial charge < -0.3 is 0 Å². The lowest BCUT2D eigenvalue weighted by molar-refractivity contribution is -0.0126. The van der Waals surface area contributed by atoms with Crippen molar-refractivity contribution in [1.29, 1.82) is 0 Å². The zero-order valence-electron chi connectivity index (χ0n) is 12.5. The van der Waals surface area contributed by atoms with Crippen molar-refractivity contribution in [3.05, 3.63) is 65.7 Å². The van der Waals surface area contributed by atoms with Crippen LogP contribution in [-0.4, -0.2) is 25.5 Å². The predicted octanol–water partition coefficient (Wildman–Crippen LogP) is 3.24. The van der Waals surface area contributed by atoms with Crippen LogP contribution in [0.15, 0.2) is 48.9 Å². The summed E-state index contributed by atoms with van der Waals surface area (Å²) >= 11 is 0. The van der Waals surface area contributed by atoms with Crippen molar-refractivity contribution < 1.29 is 8.78 Å². The molecule has 4 nitrogen and oxygen atoms in total. The number of benzene rings is 1. The van der Waals surface area contributed by atoms with Gasteiger partial charge in [0.15, 0.2) is 0 Å². The van der Waals surface area contributed by atoms with E-state index in [0.29, 0.717) is 18.5 Å². The molecule has 23 heavy (non-hydrogen) atoms. The van der Waals surface area contributed by atoms with Gasteiger partial charge in [-0.05, 0) is 17.5 Å². The van der Waals surface area contributed by atoms with Crippen LogP contribution in [0.1, 0.15) is 23.2 Å². The summed E-state index contributed by atoms with van der Waals surface area (Å²) in [5.41, 5.74) is 3.48. The van der Waals surface area contributed by atoms with E-state index in [1.165, 1.54) is 0 Å². The number of alkyl halides is 2. The summed E-state index contributed by atoms with van der Waals surface area (Å²) in [6.45, 7) is 0.669. The van der Waals surface area contributed by atoms with Gasteiger partial charge in [0.1, 0.15) is 5.69 Å². The van der Waals surface area contributed by atoms with Gasteiger partial charge in [-0.25, -0.2) is 13.5 Å². The largest absolute Gasteiger partial charge is 0.266 e. The Hall–Kier alpha value is -2.50. The first kappa shape index (κ1) is 14.1. The highest BCUT2D eigenvalue weighted by atomic mass is 19.3. The number of rotatable bonds is 3. The summed E-state index contributed by atoms with van der Waals surface area (Å²) < 4.78 is 30.5. The molecule has 0 saturated heterocycles. The Bertz CT molecular complexity index is 820. The zero-order chi connectivity index (χ0) is 15.9. The van der Waals surface area contributed by atoms with Crippen molar-refractivity contribution in [3.8, 4) is 5.69 Å². The molecule has 0 amide bonds. The summed E-state index contributed by atoms with van der Waals surface area (Å²) in [7, 11) is 0. The van der Waals surface area contributed by atoms with Crippen LogP contribution in [0, 0.1) is 0 Å². The minimum absolute atomic E-state index is 0.121. The number of fused-ring (bicyclic) bond motifs is 1. The Morgan fingerprint density at radius 1 is 1.09 bits per heavy atom. The number of hydrogen-bond donors (Lipinski definition) is 0. The summed E-state index contributed by atoms with van der Waals surface area (Å²) in [5, 5.41) is 8.64. The fraction of sp³-hybridized carbons (Fsp3) is 0.294. The summed E-state index contributed by atoms with van der Waals surface area (Å²) in [6, 6.07) is 10.0. The van der Waals surface area contributed by atoms with E-state index >= 15 is 0 Å². The highest BCUT2D eigenvalue weighted by Gasteiger charge is 2.36. The Kier molecular flexibility index (Phi) is 3.25. The zero-order valence-corrected chi connectivity index (χ0v) is 12.5. The minimum Gasteiger partial charge on any atom is -0.266 e. The second-order valence-electron chi connectivity index (χ2n) is 5.94. The van der Waals surface area contributed by atoms with Crippen molar-refractivity contribution >= 4 is 0 Å². The Morgan fingerprint density at radius 2 is 1.91 bits per heavy atom. The molecule has 1 aromatic carbocycles. The first-order valence-electron chi connectivity index (χ1n) is 7.61. The third-order valence-electron chi connectivity index (χ3n) is 4.18. The third kappa shape index (κ3) is 2.76. The third-order valence-corrected chi connectivity index (χ3v) is 4.18. The molecule has 4 rings (SSSR count). The van der Waals surface area contributed by atoms with Gasteiger partial charge in [0.2, 0.25) is 0 Å². The fourth-order valence-electron chi connectivity index (χ4n) is 3.03. The Balaban J connectivity index is 1.60. The van der Waals surface area contributed by atoms with E-state index in [2.05, 4.69) is 10.2 Å². The van der Waals surface area contributed by atoms with E-state index in [-0.39, 0.29) is 12.8 Å². The molecule has 0 unspecified atom stereocenters. The maximum absolute atomic E-state index is 13.5. The Morgan fingerprint density at radius 3 is 2.74 bits per heavy atom. The number of hydrogen-bond acceptors (Lipinski definition) is 2. The molecular formula is C17H16F2N4. The molecule has 0 atom stereocenters. The van der Waals surface area contributed by atoms with Gasteiger partial charge in [-0.3, -0.25) is 4.68 Å². The van der Waals surface area contributed by atoms with Crippen LogP contribution in [-0.2, 0) is 19.4 Å². The molecule has 1 aliphatic carbocycles. The van der Waals surface area contributed by atoms with Gasteiger partial charge in [0.05, 0.1) is 25.1 Å². The molecule has 6 heteroatoms. The number of aromatic nitrogens is 4. The first-order chi connectivity index (χ1) is 11.1. The van der Waals surface area contributed by atoms with E-state index in [4.69, 9.17) is 0 Å². The van der Waals surface area contributed by atoms with E-state index in [1.807, 2.05) is 41.2 Å². The molecule has 1 aliphatic rings. The second kappa shape index (κ2) is 5.30. The molecule has 0 spiro atoms. The SMILES string of the molecule is FC1(F)CCc2c(cnn2-c2cnn(Cc3ccccc3)c2)C1. The van der Waals surface area contributed by atoms with Crippen LogP contribution in [0.3, 0.4) is 0 Å². The monoisotopic (exact) mass is 314 g/mol. The lowest BCUT2D eigenvalue weighted by Gasteiger charge is -2.22.